The molecule has 0 atom stereocenters. The fourth-order valence-electron chi connectivity index (χ4n) is 3.03. The molecule has 2 N–H and O–H groups in total. The second kappa shape index (κ2) is 8.52. The number of hydrogen-bond donors (Lipinski definition) is 2. The van der Waals surface area contributed by atoms with Crippen molar-refractivity contribution in [3.05, 3.63) is 72.3 Å². The lowest BCUT2D eigenvalue weighted by Crippen LogP contribution is -2.41. The Hall–Kier alpha value is -4.07. The van der Waals surface area contributed by atoms with Crippen molar-refractivity contribution >= 4 is 35.0 Å². The summed E-state index contributed by atoms with van der Waals surface area (Å²) in [6.07, 6.45) is 0. The predicted octanol–water partition coefficient (Wildman–Crippen LogP) is 4.04. The Morgan fingerprint density at radius 2 is 1.77 bits per heavy atom. The van der Waals surface area contributed by atoms with Crippen LogP contribution in [0.2, 0.25) is 0 Å². The topological polar surface area (TPSA) is 92.8 Å². The van der Waals surface area contributed by atoms with Crippen LogP contribution < -0.4 is 20.3 Å². The molecule has 3 aromatic rings. The van der Waals surface area contributed by atoms with Crippen molar-refractivity contribution in [2.75, 3.05) is 35.8 Å². The van der Waals surface area contributed by atoms with Gasteiger partial charge in [0.05, 0.1) is 19.2 Å². The Labute approximate surface area is 173 Å². The Balaban J connectivity index is 1.53. The number of nitrogens with zero attached hydrogens (tertiary/aromatic N) is 2. The predicted molar refractivity (Wildman–Crippen MR) is 114 cm³/mol. The molecule has 2 amide bonds. The summed E-state index contributed by atoms with van der Waals surface area (Å²) in [6.45, 7) is 0.772. The van der Waals surface area contributed by atoms with Gasteiger partial charge < -0.3 is 20.1 Å². The molecule has 0 radical (unpaired) electrons. The van der Waals surface area contributed by atoms with E-state index in [1.807, 2.05) is 30.3 Å². The Morgan fingerprint density at radius 1 is 1.00 bits per heavy atom. The van der Waals surface area contributed by atoms with Crippen molar-refractivity contribution in [2.45, 2.75) is 0 Å². The third-order valence-electron chi connectivity index (χ3n) is 4.52. The van der Waals surface area contributed by atoms with Crippen LogP contribution in [0.5, 0.6) is 5.75 Å². The normalized spacial score (nSPS) is 12.4. The monoisotopic (exact) mass is 404 g/mol. The number of nitrogens with one attached hydrogen (secondary N) is 2. The van der Waals surface area contributed by atoms with Gasteiger partial charge in [-0.25, -0.2) is 14.6 Å². The van der Waals surface area contributed by atoms with E-state index in [0.717, 1.165) is 5.69 Å². The fourth-order valence-corrected chi connectivity index (χ4v) is 3.03. The smallest absolute Gasteiger partial charge is 0.337 e. The van der Waals surface area contributed by atoms with Crippen molar-refractivity contribution in [1.82, 2.24) is 4.98 Å². The molecule has 0 bridgehead atoms. The molecule has 152 valence electrons. The number of esters is 1. The maximum Gasteiger partial charge on any atom is 0.337 e. The number of ether oxygens (including phenoxy) is 2. The lowest BCUT2D eigenvalue weighted by Gasteiger charge is -2.28. The largest absolute Gasteiger partial charge is 0.488 e. The van der Waals surface area contributed by atoms with Crippen LogP contribution in [0.1, 0.15) is 10.4 Å². The number of methoxy groups -OCH3 is 1. The van der Waals surface area contributed by atoms with E-state index in [1.165, 1.54) is 7.11 Å². The summed E-state index contributed by atoms with van der Waals surface area (Å²) in [5.74, 6) is 1.12. The van der Waals surface area contributed by atoms with Crippen LogP contribution in [-0.2, 0) is 4.74 Å². The third-order valence-corrected chi connectivity index (χ3v) is 4.52. The number of carbonyl (C=O) groups excluding carboxylic acids is 2. The molecule has 0 saturated heterocycles. The molecule has 0 aliphatic carbocycles. The molecule has 8 heteroatoms. The maximum absolute atomic E-state index is 12.8. The highest BCUT2D eigenvalue weighted by atomic mass is 16.5. The van der Waals surface area contributed by atoms with Gasteiger partial charge in [0.2, 0.25) is 0 Å². The molecule has 8 nitrogen and oxygen atoms in total. The minimum absolute atomic E-state index is 0.280. The molecule has 0 spiro atoms. The number of rotatable bonds is 4. The second-order valence-corrected chi connectivity index (χ2v) is 6.51. The summed E-state index contributed by atoms with van der Waals surface area (Å²) in [5, 5.41) is 6.04. The lowest BCUT2D eigenvalue weighted by molar-refractivity contribution is 0.0600. The fraction of sp³-hybridized carbons (Fsp3) is 0.136. The molecular weight excluding hydrogens is 384 g/mol. The zero-order valence-electron chi connectivity index (χ0n) is 16.3. The van der Waals surface area contributed by atoms with Crippen LogP contribution in [0.3, 0.4) is 0 Å². The molecule has 0 unspecified atom stereocenters. The van der Waals surface area contributed by atoms with E-state index in [-0.39, 0.29) is 6.03 Å². The molecule has 0 saturated carbocycles. The minimum Gasteiger partial charge on any atom is -0.488 e. The number of amides is 2. The summed E-state index contributed by atoms with van der Waals surface area (Å²) in [5.41, 5.74) is 1.90. The Morgan fingerprint density at radius 3 is 2.50 bits per heavy atom. The first-order chi connectivity index (χ1) is 14.6. The molecule has 1 aliphatic heterocycles. The van der Waals surface area contributed by atoms with E-state index in [1.54, 1.807) is 41.3 Å². The van der Waals surface area contributed by atoms with Gasteiger partial charge in [-0.15, -0.1) is 0 Å². The van der Waals surface area contributed by atoms with Gasteiger partial charge in [-0.3, -0.25) is 4.90 Å². The van der Waals surface area contributed by atoms with Crippen molar-refractivity contribution in [1.29, 1.82) is 0 Å². The molecule has 1 aliphatic rings. The highest BCUT2D eigenvalue weighted by molar-refractivity contribution is 6.02. The molecule has 2 heterocycles. The highest BCUT2D eigenvalue weighted by Crippen LogP contribution is 2.32. The number of fused-ring (bicyclic) bond motifs is 1. The van der Waals surface area contributed by atoms with Crippen LogP contribution in [0.15, 0.2) is 66.7 Å². The summed E-state index contributed by atoms with van der Waals surface area (Å²) in [7, 11) is 1.34. The molecule has 1 aromatic heterocycles. The van der Waals surface area contributed by atoms with E-state index in [9.17, 15) is 9.59 Å². The average Bonchev–Trinajstić information content (AvgIpc) is 2.79. The number of benzene rings is 2. The summed E-state index contributed by atoms with van der Waals surface area (Å²) >= 11 is 0. The summed E-state index contributed by atoms with van der Waals surface area (Å²) in [4.78, 5) is 30.5. The maximum atomic E-state index is 12.8. The number of urea groups is 1. The molecule has 4 rings (SSSR count). The molecule has 30 heavy (non-hydrogen) atoms. The van der Waals surface area contributed by atoms with Gasteiger partial charge in [0.25, 0.3) is 0 Å². The Kier molecular flexibility index (Phi) is 5.47. The number of anilines is 4. The van der Waals surface area contributed by atoms with Crippen molar-refractivity contribution in [3.8, 4) is 5.75 Å². The first-order valence-electron chi connectivity index (χ1n) is 9.37. The van der Waals surface area contributed by atoms with Gasteiger partial charge >= 0.3 is 12.0 Å². The number of para-hydroxylation sites is 1. The number of hydrogen-bond acceptors (Lipinski definition) is 6. The SMILES string of the molecule is COC(=O)c1ccc(Nc2ccc3c(n2)N(C(=O)Nc2ccccc2)CCO3)cc1. The van der Waals surface area contributed by atoms with Gasteiger partial charge in [0.15, 0.2) is 11.6 Å². The first kappa shape index (κ1) is 19.3. The van der Waals surface area contributed by atoms with Crippen molar-refractivity contribution in [3.63, 3.8) is 0 Å². The van der Waals surface area contributed by atoms with Crippen molar-refractivity contribution < 1.29 is 19.1 Å². The second-order valence-electron chi connectivity index (χ2n) is 6.51. The number of pyridine rings is 1. The van der Waals surface area contributed by atoms with Gasteiger partial charge in [-0.05, 0) is 48.5 Å². The minimum atomic E-state index is -0.398. The van der Waals surface area contributed by atoms with Gasteiger partial charge in [0.1, 0.15) is 12.4 Å². The molecule has 2 aromatic carbocycles. The number of carbonyl (C=O) groups is 2. The molecule has 0 fully saturated rings. The van der Waals surface area contributed by atoms with E-state index >= 15 is 0 Å². The Bertz CT molecular complexity index is 1050. The van der Waals surface area contributed by atoms with E-state index in [2.05, 4.69) is 15.6 Å². The van der Waals surface area contributed by atoms with E-state index in [0.29, 0.717) is 41.8 Å². The van der Waals surface area contributed by atoms with Crippen LogP contribution in [0, 0.1) is 0 Å². The summed E-state index contributed by atoms with van der Waals surface area (Å²) in [6, 6.07) is 19.3. The first-order valence-corrected chi connectivity index (χ1v) is 9.37. The van der Waals surface area contributed by atoms with E-state index < -0.39 is 5.97 Å². The molecular formula is C22H20N4O4. The number of aromatic nitrogens is 1. The zero-order valence-corrected chi connectivity index (χ0v) is 16.3. The lowest BCUT2D eigenvalue weighted by atomic mass is 10.2. The standard InChI is InChI=1S/C22H20N4O4/c1-29-21(27)15-7-9-17(10-8-15)23-19-12-11-18-20(25-19)26(13-14-30-18)22(28)24-16-5-3-2-4-6-16/h2-12H,13-14H2,1H3,(H,23,25)(H,24,28). The van der Waals surface area contributed by atoms with Crippen LogP contribution in [0.4, 0.5) is 27.8 Å². The highest BCUT2D eigenvalue weighted by Gasteiger charge is 2.26. The quantitative estimate of drug-likeness (QED) is 0.638. The van der Waals surface area contributed by atoms with Gasteiger partial charge in [-0.2, -0.15) is 0 Å². The van der Waals surface area contributed by atoms with Crippen LogP contribution in [0.25, 0.3) is 0 Å². The van der Waals surface area contributed by atoms with Crippen LogP contribution >= 0.6 is 0 Å². The van der Waals surface area contributed by atoms with Crippen LogP contribution in [-0.4, -0.2) is 37.2 Å². The van der Waals surface area contributed by atoms with Crippen molar-refractivity contribution in [2.24, 2.45) is 0 Å². The zero-order chi connectivity index (χ0) is 20.9. The summed E-state index contributed by atoms with van der Waals surface area (Å²) < 4.78 is 10.4. The third kappa shape index (κ3) is 4.17. The van der Waals surface area contributed by atoms with Gasteiger partial charge in [0, 0.05) is 11.4 Å². The average molecular weight is 404 g/mol. The van der Waals surface area contributed by atoms with Gasteiger partial charge in [-0.1, -0.05) is 18.2 Å². The van der Waals surface area contributed by atoms with E-state index in [4.69, 9.17) is 9.47 Å².